The van der Waals surface area contributed by atoms with Gasteiger partial charge < -0.3 is 15.5 Å². The van der Waals surface area contributed by atoms with Gasteiger partial charge in [0.1, 0.15) is 0 Å². The molecule has 0 aromatic carbocycles. The number of carbonyl (C=O) groups excluding carboxylic acids is 2. The van der Waals surface area contributed by atoms with Crippen molar-refractivity contribution < 1.29 is 9.59 Å². The molecule has 118 valence electrons. The first-order chi connectivity index (χ1) is 9.66. The molecule has 5 nitrogen and oxygen atoms in total. The molecule has 1 aliphatic rings. The second-order valence-corrected chi connectivity index (χ2v) is 6.10. The van der Waals surface area contributed by atoms with E-state index in [1.54, 1.807) is 13.1 Å². The zero-order chi connectivity index (χ0) is 14.4. The number of thiophene rings is 1. The van der Waals surface area contributed by atoms with E-state index >= 15 is 0 Å². The minimum absolute atomic E-state index is 0. The zero-order valence-corrected chi connectivity index (χ0v) is 13.8. The molecule has 2 heterocycles. The second-order valence-electron chi connectivity index (χ2n) is 5.15. The molecular weight excluding hydrogens is 310 g/mol. The number of amides is 2. The van der Waals surface area contributed by atoms with Crippen LogP contribution in [0.5, 0.6) is 0 Å². The number of halogens is 1. The van der Waals surface area contributed by atoms with Gasteiger partial charge in [-0.2, -0.15) is 0 Å². The highest BCUT2D eigenvalue weighted by Crippen LogP contribution is 2.11. The van der Waals surface area contributed by atoms with E-state index in [0.29, 0.717) is 17.3 Å². The first-order valence-electron chi connectivity index (χ1n) is 6.93. The maximum Gasteiger partial charge on any atom is 0.264 e. The fourth-order valence-corrected chi connectivity index (χ4v) is 3.01. The number of nitrogens with zero attached hydrogens (tertiary/aromatic N) is 1. The van der Waals surface area contributed by atoms with Crippen molar-refractivity contribution in [3.8, 4) is 0 Å². The van der Waals surface area contributed by atoms with Gasteiger partial charge in [0.15, 0.2) is 0 Å². The molecule has 1 fully saturated rings. The van der Waals surface area contributed by atoms with E-state index in [1.165, 1.54) is 16.2 Å². The first kappa shape index (κ1) is 17.9. The monoisotopic (exact) mass is 331 g/mol. The van der Waals surface area contributed by atoms with Crippen LogP contribution in [0.4, 0.5) is 0 Å². The van der Waals surface area contributed by atoms with E-state index < -0.39 is 0 Å². The number of hydrogen-bond donors (Lipinski definition) is 2. The van der Waals surface area contributed by atoms with E-state index in [0.717, 1.165) is 25.9 Å². The highest BCUT2D eigenvalue weighted by molar-refractivity contribution is 7.12. The van der Waals surface area contributed by atoms with Crippen LogP contribution in [0.15, 0.2) is 17.5 Å². The molecule has 1 aliphatic heterocycles. The normalized spacial score (nSPS) is 17.7. The molecule has 2 N–H and O–H groups in total. The predicted octanol–water partition coefficient (Wildman–Crippen LogP) is 1.36. The summed E-state index contributed by atoms with van der Waals surface area (Å²) in [4.78, 5) is 26.0. The van der Waals surface area contributed by atoms with Crippen molar-refractivity contribution in [2.24, 2.45) is 5.92 Å². The summed E-state index contributed by atoms with van der Waals surface area (Å²) in [5, 5.41) is 8.09. The Morgan fingerprint density at radius 1 is 1.52 bits per heavy atom. The number of piperidine rings is 1. The van der Waals surface area contributed by atoms with Crippen LogP contribution in [-0.2, 0) is 4.79 Å². The van der Waals surface area contributed by atoms with Gasteiger partial charge >= 0.3 is 0 Å². The van der Waals surface area contributed by atoms with Crippen molar-refractivity contribution >= 4 is 35.6 Å². The fourth-order valence-electron chi connectivity index (χ4n) is 2.29. The molecule has 2 amide bonds. The molecule has 0 saturated carbocycles. The van der Waals surface area contributed by atoms with Gasteiger partial charge in [0.05, 0.1) is 11.4 Å². The average molecular weight is 332 g/mol. The van der Waals surface area contributed by atoms with Crippen LogP contribution >= 0.6 is 23.7 Å². The Balaban J connectivity index is 0.00000220. The molecule has 0 bridgehead atoms. The van der Waals surface area contributed by atoms with Crippen LogP contribution in [0.2, 0.25) is 0 Å². The summed E-state index contributed by atoms with van der Waals surface area (Å²) in [5.74, 6) is 0.309. The lowest BCUT2D eigenvalue weighted by molar-refractivity contribution is -0.121. The summed E-state index contributed by atoms with van der Waals surface area (Å²) in [6.45, 7) is 2.83. The molecule has 2 rings (SSSR count). The van der Waals surface area contributed by atoms with Crippen LogP contribution in [0.1, 0.15) is 22.5 Å². The molecule has 1 aromatic rings. The standard InChI is InChI=1S/C14H21N3O2S.ClH/c1-17(14(19)12-5-3-7-20-12)10-13(18)16-9-11-4-2-6-15-8-11;/h3,5,7,11,15H,2,4,6,8-10H2,1H3,(H,16,18);1H. The molecule has 21 heavy (non-hydrogen) atoms. The van der Waals surface area contributed by atoms with Crippen LogP contribution < -0.4 is 10.6 Å². The summed E-state index contributed by atoms with van der Waals surface area (Å²) in [6, 6.07) is 3.61. The lowest BCUT2D eigenvalue weighted by Crippen LogP contribution is -2.42. The van der Waals surface area contributed by atoms with Crippen LogP contribution in [-0.4, -0.2) is 49.9 Å². The highest BCUT2D eigenvalue weighted by Gasteiger charge is 2.17. The lowest BCUT2D eigenvalue weighted by atomic mass is 10.00. The SMILES string of the molecule is CN(CC(=O)NCC1CCCNC1)C(=O)c1cccs1.Cl. The van der Waals surface area contributed by atoms with Gasteiger partial charge in [0.25, 0.3) is 5.91 Å². The quantitative estimate of drug-likeness (QED) is 0.856. The van der Waals surface area contributed by atoms with Gasteiger partial charge in [-0.3, -0.25) is 9.59 Å². The molecular formula is C14H22ClN3O2S. The first-order valence-corrected chi connectivity index (χ1v) is 7.81. The van der Waals surface area contributed by atoms with Crippen molar-refractivity contribution in [2.75, 3.05) is 33.2 Å². The Kier molecular flexibility index (Phi) is 7.71. The highest BCUT2D eigenvalue weighted by atomic mass is 35.5. The molecule has 7 heteroatoms. The Morgan fingerprint density at radius 3 is 2.95 bits per heavy atom. The van der Waals surface area contributed by atoms with Gasteiger partial charge in [0.2, 0.25) is 5.91 Å². The Morgan fingerprint density at radius 2 is 2.33 bits per heavy atom. The molecule has 0 spiro atoms. The zero-order valence-electron chi connectivity index (χ0n) is 12.1. The number of nitrogens with one attached hydrogen (secondary N) is 2. The van der Waals surface area contributed by atoms with Crippen molar-refractivity contribution in [1.82, 2.24) is 15.5 Å². The minimum Gasteiger partial charge on any atom is -0.354 e. The van der Waals surface area contributed by atoms with Gasteiger partial charge in [-0.15, -0.1) is 23.7 Å². The van der Waals surface area contributed by atoms with Crippen molar-refractivity contribution in [3.63, 3.8) is 0 Å². The Hall–Kier alpha value is -1.11. The molecule has 1 atom stereocenters. The number of likely N-dealkylation sites (N-methyl/N-ethyl adjacent to an activating group) is 1. The maximum absolute atomic E-state index is 12.0. The summed E-state index contributed by atoms with van der Waals surface area (Å²) in [7, 11) is 1.66. The predicted molar refractivity (Wildman–Crippen MR) is 87.1 cm³/mol. The van der Waals surface area contributed by atoms with E-state index in [9.17, 15) is 9.59 Å². The summed E-state index contributed by atoms with van der Waals surface area (Å²) < 4.78 is 0. The average Bonchev–Trinajstić information content (AvgIpc) is 2.99. The third-order valence-electron chi connectivity index (χ3n) is 3.45. The van der Waals surface area contributed by atoms with Crippen molar-refractivity contribution in [3.05, 3.63) is 22.4 Å². The van der Waals surface area contributed by atoms with Gasteiger partial charge in [-0.25, -0.2) is 0 Å². The number of rotatable bonds is 5. The number of carbonyl (C=O) groups is 2. The van der Waals surface area contributed by atoms with Gasteiger partial charge in [-0.05, 0) is 43.3 Å². The van der Waals surface area contributed by atoms with Gasteiger partial charge in [0, 0.05) is 13.6 Å². The Bertz CT molecular complexity index is 447. The molecule has 1 aromatic heterocycles. The van der Waals surface area contributed by atoms with Crippen LogP contribution in [0.3, 0.4) is 0 Å². The molecule has 0 radical (unpaired) electrons. The summed E-state index contributed by atoms with van der Waals surface area (Å²) in [6.07, 6.45) is 2.31. The summed E-state index contributed by atoms with van der Waals surface area (Å²) >= 11 is 1.39. The molecule has 1 saturated heterocycles. The van der Waals surface area contributed by atoms with E-state index in [-0.39, 0.29) is 30.8 Å². The third-order valence-corrected chi connectivity index (χ3v) is 4.30. The van der Waals surface area contributed by atoms with E-state index in [4.69, 9.17) is 0 Å². The Labute approximate surface area is 135 Å². The largest absolute Gasteiger partial charge is 0.354 e. The van der Waals surface area contributed by atoms with Crippen LogP contribution in [0.25, 0.3) is 0 Å². The second kappa shape index (κ2) is 9.02. The van der Waals surface area contributed by atoms with E-state index in [1.807, 2.05) is 11.4 Å². The fraction of sp³-hybridized carbons (Fsp3) is 0.571. The van der Waals surface area contributed by atoms with Crippen molar-refractivity contribution in [1.29, 1.82) is 0 Å². The van der Waals surface area contributed by atoms with E-state index in [2.05, 4.69) is 10.6 Å². The smallest absolute Gasteiger partial charge is 0.264 e. The van der Waals surface area contributed by atoms with Crippen LogP contribution in [0, 0.1) is 5.92 Å². The summed E-state index contributed by atoms with van der Waals surface area (Å²) in [5.41, 5.74) is 0. The third kappa shape index (κ3) is 5.65. The van der Waals surface area contributed by atoms with Crippen molar-refractivity contribution in [2.45, 2.75) is 12.8 Å². The molecule has 0 aliphatic carbocycles. The lowest BCUT2D eigenvalue weighted by Gasteiger charge is -2.23. The minimum atomic E-state index is -0.102. The van der Waals surface area contributed by atoms with Gasteiger partial charge in [-0.1, -0.05) is 6.07 Å². The number of hydrogen-bond acceptors (Lipinski definition) is 4. The topological polar surface area (TPSA) is 61.4 Å². The maximum atomic E-state index is 12.0. The molecule has 1 unspecified atom stereocenters.